The predicted octanol–water partition coefficient (Wildman–Crippen LogP) is -1.03. The quantitative estimate of drug-likeness (QED) is 0.673. The average molecular weight is 224 g/mol. The lowest BCUT2D eigenvalue weighted by molar-refractivity contribution is -0.131. The highest BCUT2D eigenvalue weighted by Gasteiger charge is 2.35. The normalized spacial score (nSPS) is 27.1. The monoisotopic (exact) mass is 224 g/mol. The van der Waals surface area contributed by atoms with Crippen molar-refractivity contribution in [2.75, 3.05) is 13.1 Å². The summed E-state index contributed by atoms with van der Waals surface area (Å²) in [6.45, 7) is 2.47. The van der Waals surface area contributed by atoms with Crippen LogP contribution in [0.15, 0.2) is 18.7 Å². The molecule has 6 nitrogen and oxygen atoms in total. The summed E-state index contributed by atoms with van der Waals surface area (Å²) in [4.78, 5) is 17.2. The van der Waals surface area contributed by atoms with Gasteiger partial charge in [0.15, 0.2) is 0 Å². The maximum atomic E-state index is 11.7. The Kier molecular flexibility index (Phi) is 2.93. The van der Waals surface area contributed by atoms with Gasteiger partial charge in [0, 0.05) is 25.5 Å². The molecular formula is C10H16N4O2. The van der Waals surface area contributed by atoms with Gasteiger partial charge in [0.05, 0.1) is 24.5 Å². The summed E-state index contributed by atoms with van der Waals surface area (Å²) in [6.07, 6.45) is 4.53. The zero-order valence-electron chi connectivity index (χ0n) is 9.15. The van der Waals surface area contributed by atoms with Gasteiger partial charge in [-0.1, -0.05) is 0 Å². The van der Waals surface area contributed by atoms with Crippen LogP contribution in [0.4, 0.5) is 0 Å². The first-order chi connectivity index (χ1) is 7.59. The minimum atomic E-state index is -0.558. The maximum Gasteiger partial charge on any atom is 0.239 e. The fourth-order valence-corrected chi connectivity index (χ4v) is 2.00. The molecule has 0 aliphatic carbocycles. The van der Waals surface area contributed by atoms with Crippen LogP contribution in [-0.4, -0.2) is 50.7 Å². The second kappa shape index (κ2) is 4.23. The Hall–Kier alpha value is -1.40. The van der Waals surface area contributed by atoms with Crippen LogP contribution in [0, 0.1) is 0 Å². The van der Waals surface area contributed by atoms with Crippen molar-refractivity contribution in [2.24, 2.45) is 5.73 Å². The number of nitrogens with zero attached hydrogens (tertiary/aromatic N) is 3. The largest absolute Gasteiger partial charge is 0.389 e. The topological polar surface area (TPSA) is 84.4 Å². The molecule has 6 heteroatoms. The van der Waals surface area contributed by atoms with Gasteiger partial charge >= 0.3 is 0 Å². The van der Waals surface area contributed by atoms with Gasteiger partial charge in [-0.25, -0.2) is 4.98 Å². The van der Waals surface area contributed by atoms with Crippen molar-refractivity contribution in [2.45, 2.75) is 25.1 Å². The fraction of sp³-hybridized carbons (Fsp3) is 0.600. The predicted molar refractivity (Wildman–Crippen MR) is 57.5 cm³/mol. The molecule has 1 aliphatic rings. The highest BCUT2D eigenvalue weighted by atomic mass is 16.3. The molecule has 3 N–H and O–H groups in total. The van der Waals surface area contributed by atoms with Crippen LogP contribution in [0.2, 0.25) is 0 Å². The Labute approximate surface area is 93.7 Å². The molecule has 0 radical (unpaired) electrons. The second-order valence-corrected chi connectivity index (χ2v) is 4.18. The molecule has 3 atom stereocenters. The summed E-state index contributed by atoms with van der Waals surface area (Å²) in [5.74, 6) is -0.123. The lowest BCUT2D eigenvalue weighted by Crippen LogP contribution is -2.41. The van der Waals surface area contributed by atoms with Gasteiger partial charge in [0.2, 0.25) is 5.91 Å². The van der Waals surface area contributed by atoms with Crippen LogP contribution >= 0.6 is 0 Å². The molecule has 0 spiro atoms. The third-order valence-corrected chi connectivity index (χ3v) is 2.87. The molecule has 1 amide bonds. The zero-order chi connectivity index (χ0) is 11.7. The van der Waals surface area contributed by atoms with Gasteiger partial charge in [0.1, 0.15) is 0 Å². The summed E-state index contributed by atoms with van der Waals surface area (Å²) in [5.41, 5.74) is 5.53. The molecule has 1 saturated heterocycles. The van der Waals surface area contributed by atoms with E-state index in [4.69, 9.17) is 5.73 Å². The molecule has 1 fully saturated rings. The SMILES string of the molecule is CC(N)C(=O)N1CC(O)C(n2ccnc2)C1. The first-order valence-electron chi connectivity index (χ1n) is 5.29. The number of aliphatic hydroxyl groups is 1. The average Bonchev–Trinajstić information content (AvgIpc) is 2.84. The van der Waals surface area contributed by atoms with Crippen LogP contribution in [0.25, 0.3) is 0 Å². The van der Waals surface area contributed by atoms with Crippen molar-refractivity contribution < 1.29 is 9.90 Å². The Morgan fingerprint density at radius 2 is 2.38 bits per heavy atom. The van der Waals surface area contributed by atoms with Crippen LogP contribution in [0.3, 0.4) is 0 Å². The van der Waals surface area contributed by atoms with E-state index in [0.717, 1.165) is 0 Å². The molecule has 16 heavy (non-hydrogen) atoms. The Morgan fingerprint density at radius 1 is 1.62 bits per heavy atom. The minimum Gasteiger partial charge on any atom is -0.389 e. The number of imidazole rings is 1. The van der Waals surface area contributed by atoms with Crippen molar-refractivity contribution in [3.63, 3.8) is 0 Å². The van der Waals surface area contributed by atoms with Crippen molar-refractivity contribution in [1.29, 1.82) is 0 Å². The van der Waals surface area contributed by atoms with E-state index in [9.17, 15) is 9.90 Å². The van der Waals surface area contributed by atoms with E-state index in [2.05, 4.69) is 4.98 Å². The van der Waals surface area contributed by atoms with Gasteiger partial charge in [-0.3, -0.25) is 4.79 Å². The summed E-state index contributed by atoms with van der Waals surface area (Å²) < 4.78 is 1.82. The van der Waals surface area contributed by atoms with E-state index in [-0.39, 0.29) is 11.9 Å². The zero-order valence-corrected chi connectivity index (χ0v) is 9.15. The molecule has 88 valence electrons. The van der Waals surface area contributed by atoms with Gasteiger partial charge in [-0.05, 0) is 6.92 Å². The molecule has 0 aromatic carbocycles. The van der Waals surface area contributed by atoms with Gasteiger partial charge < -0.3 is 20.3 Å². The number of likely N-dealkylation sites (tertiary alicyclic amines) is 1. The van der Waals surface area contributed by atoms with E-state index in [1.807, 2.05) is 4.57 Å². The fourth-order valence-electron chi connectivity index (χ4n) is 2.00. The van der Waals surface area contributed by atoms with Crippen molar-refractivity contribution in [1.82, 2.24) is 14.5 Å². The molecule has 1 aromatic heterocycles. The van der Waals surface area contributed by atoms with E-state index in [1.54, 1.807) is 30.5 Å². The van der Waals surface area contributed by atoms with Crippen molar-refractivity contribution in [3.05, 3.63) is 18.7 Å². The maximum absolute atomic E-state index is 11.7. The number of aromatic nitrogens is 2. The number of hydrogen-bond acceptors (Lipinski definition) is 4. The van der Waals surface area contributed by atoms with Crippen LogP contribution < -0.4 is 5.73 Å². The molecule has 2 rings (SSSR count). The van der Waals surface area contributed by atoms with E-state index in [0.29, 0.717) is 13.1 Å². The summed E-state index contributed by atoms with van der Waals surface area (Å²) in [5, 5.41) is 9.88. The Bertz CT molecular complexity index is 363. The number of nitrogens with two attached hydrogens (primary N) is 1. The number of carbonyl (C=O) groups is 1. The molecule has 0 saturated carbocycles. The van der Waals surface area contributed by atoms with Crippen molar-refractivity contribution in [3.8, 4) is 0 Å². The number of β-amino-alcohol motifs (C(OH)–C–C–N with tert-alkyl or cyclic N) is 1. The summed E-state index contributed by atoms with van der Waals surface area (Å²) in [6, 6.07) is -0.640. The standard InChI is InChI=1S/C10H16N4O2/c1-7(11)10(16)14-4-8(9(15)5-14)13-3-2-12-6-13/h2-3,6-9,15H,4-5,11H2,1H3. The lowest BCUT2D eigenvalue weighted by Gasteiger charge is -2.18. The number of amides is 1. The van der Waals surface area contributed by atoms with Gasteiger partial charge in [0.25, 0.3) is 0 Å². The lowest BCUT2D eigenvalue weighted by atomic mass is 10.2. The first kappa shape index (κ1) is 11.1. The van der Waals surface area contributed by atoms with E-state index >= 15 is 0 Å². The van der Waals surface area contributed by atoms with Gasteiger partial charge in [-0.15, -0.1) is 0 Å². The highest BCUT2D eigenvalue weighted by molar-refractivity contribution is 5.81. The molecule has 3 unspecified atom stereocenters. The van der Waals surface area contributed by atoms with E-state index < -0.39 is 12.1 Å². The molecule has 0 bridgehead atoms. The summed E-state index contributed by atoms with van der Waals surface area (Å²) >= 11 is 0. The first-order valence-corrected chi connectivity index (χ1v) is 5.29. The summed E-state index contributed by atoms with van der Waals surface area (Å²) in [7, 11) is 0. The number of hydrogen-bond donors (Lipinski definition) is 2. The van der Waals surface area contributed by atoms with Crippen LogP contribution in [0.1, 0.15) is 13.0 Å². The second-order valence-electron chi connectivity index (χ2n) is 4.18. The Balaban J connectivity index is 2.08. The highest BCUT2D eigenvalue weighted by Crippen LogP contribution is 2.22. The minimum absolute atomic E-state index is 0.120. The molecular weight excluding hydrogens is 208 g/mol. The third kappa shape index (κ3) is 1.94. The number of aliphatic hydroxyl groups excluding tert-OH is 1. The van der Waals surface area contributed by atoms with Crippen LogP contribution in [-0.2, 0) is 4.79 Å². The number of carbonyl (C=O) groups excluding carboxylic acids is 1. The van der Waals surface area contributed by atoms with E-state index in [1.165, 1.54) is 0 Å². The van der Waals surface area contributed by atoms with Crippen molar-refractivity contribution >= 4 is 5.91 Å². The molecule has 1 aliphatic heterocycles. The molecule has 2 heterocycles. The van der Waals surface area contributed by atoms with Crippen LogP contribution in [0.5, 0.6) is 0 Å². The third-order valence-electron chi connectivity index (χ3n) is 2.87. The van der Waals surface area contributed by atoms with Gasteiger partial charge in [-0.2, -0.15) is 0 Å². The Morgan fingerprint density at radius 3 is 2.94 bits per heavy atom. The number of rotatable bonds is 2. The molecule has 1 aromatic rings. The smallest absolute Gasteiger partial charge is 0.239 e.